The summed E-state index contributed by atoms with van der Waals surface area (Å²) in [4.78, 5) is 7.85. The summed E-state index contributed by atoms with van der Waals surface area (Å²) < 4.78 is 39.3. The van der Waals surface area contributed by atoms with Crippen molar-refractivity contribution in [2.24, 2.45) is 0 Å². The number of aromatic amines is 1. The van der Waals surface area contributed by atoms with E-state index in [0.717, 1.165) is 32.1 Å². The van der Waals surface area contributed by atoms with Gasteiger partial charge in [0.1, 0.15) is 5.56 Å². The quantitative estimate of drug-likeness (QED) is 0.808. The molecule has 2 aromatic rings. The van der Waals surface area contributed by atoms with Gasteiger partial charge in [-0.3, -0.25) is 5.10 Å². The Hall–Kier alpha value is -2.16. The van der Waals surface area contributed by atoms with Crippen molar-refractivity contribution in [3.63, 3.8) is 0 Å². The molecule has 1 atom stereocenters. The van der Waals surface area contributed by atoms with E-state index in [1.54, 1.807) is 0 Å². The molecule has 6 nitrogen and oxygen atoms in total. The second-order valence-electron chi connectivity index (χ2n) is 5.13. The average molecular weight is 312 g/mol. The molecule has 3 rings (SSSR count). The zero-order chi connectivity index (χ0) is 15.6. The molecule has 1 fully saturated rings. The van der Waals surface area contributed by atoms with Crippen LogP contribution in [0.5, 0.6) is 0 Å². The first-order chi connectivity index (χ1) is 10.5. The maximum atomic E-state index is 13.1. The molecule has 1 saturated heterocycles. The van der Waals surface area contributed by atoms with Crippen molar-refractivity contribution in [1.82, 2.24) is 25.5 Å². The number of nitrogens with zero attached hydrogens (tertiary/aromatic N) is 3. The summed E-state index contributed by atoms with van der Waals surface area (Å²) in [7, 11) is 0. The van der Waals surface area contributed by atoms with Gasteiger partial charge in [0, 0.05) is 30.5 Å². The van der Waals surface area contributed by atoms with Crippen LogP contribution in [0.4, 0.5) is 19.1 Å². The van der Waals surface area contributed by atoms with Crippen molar-refractivity contribution in [1.29, 1.82) is 0 Å². The number of alkyl halides is 3. The van der Waals surface area contributed by atoms with Gasteiger partial charge in [0.2, 0.25) is 5.95 Å². The van der Waals surface area contributed by atoms with E-state index in [0.29, 0.717) is 0 Å². The van der Waals surface area contributed by atoms with E-state index in [9.17, 15) is 13.2 Å². The van der Waals surface area contributed by atoms with Gasteiger partial charge in [-0.1, -0.05) is 0 Å². The Morgan fingerprint density at radius 3 is 2.77 bits per heavy atom. The highest BCUT2D eigenvalue weighted by atomic mass is 19.4. The first-order valence-electron chi connectivity index (χ1n) is 6.94. The van der Waals surface area contributed by atoms with Crippen molar-refractivity contribution in [3.05, 3.63) is 24.2 Å². The molecule has 2 aromatic heterocycles. The van der Waals surface area contributed by atoms with Crippen LogP contribution in [0, 0.1) is 0 Å². The topological polar surface area (TPSA) is 78.5 Å². The maximum absolute atomic E-state index is 13.1. The van der Waals surface area contributed by atoms with Gasteiger partial charge in [-0.25, -0.2) is 9.97 Å². The molecular weight excluding hydrogens is 297 g/mol. The molecule has 0 saturated carbocycles. The molecule has 9 heteroatoms. The fourth-order valence-corrected chi connectivity index (χ4v) is 2.42. The first-order valence-corrected chi connectivity index (χ1v) is 6.94. The summed E-state index contributed by atoms with van der Waals surface area (Å²) in [5.41, 5.74) is -0.775. The summed E-state index contributed by atoms with van der Waals surface area (Å²) >= 11 is 0. The largest absolute Gasteiger partial charge is 0.419 e. The van der Waals surface area contributed by atoms with Gasteiger partial charge >= 0.3 is 6.18 Å². The lowest BCUT2D eigenvalue weighted by Gasteiger charge is -2.24. The highest BCUT2D eigenvalue weighted by Crippen LogP contribution is 2.35. The second-order valence-corrected chi connectivity index (χ2v) is 5.13. The van der Waals surface area contributed by atoms with Gasteiger partial charge in [-0.05, 0) is 19.4 Å². The number of rotatable bonds is 3. The van der Waals surface area contributed by atoms with Crippen molar-refractivity contribution in [3.8, 4) is 11.3 Å². The van der Waals surface area contributed by atoms with E-state index >= 15 is 0 Å². The Balaban J connectivity index is 1.92. The van der Waals surface area contributed by atoms with Crippen molar-refractivity contribution in [2.75, 3.05) is 18.4 Å². The van der Waals surface area contributed by atoms with Gasteiger partial charge < -0.3 is 10.6 Å². The molecule has 1 unspecified atom stereocenters. The van der Waals surface area contributed by atoms with Crippen LogP contribution in [-0.4, -0.2) is 39.3 Å². The summed E-state index contributed by atoms with van der Waals surface area (Å²) in [5.74, 6) is 0.193. The molecule has 0 radical (unpaired) electrons. The molecule has 118 valence electrons. The Morgan fingerprint density at radius 1 is 1.27 bits per heavy atom. The number of nitrogens with one attached hydrogen (secondary N) is 3. The van der Waals surface area contributed by atoms with E-state index in [1.165, 1.54) is 12.4 Å². The number of aromatic nitrogens is 4. The van der Waals surface area contributed by atoms with Crippen LogP contribution >= 0.6 is 0 Å². The highest BCUT2D eigenvalue weighted by Gasteiger charge is 2.35. The monoisotopic (exact) mass is 312 g/mol. The molecule has 0 aliphatic carbocycles. The van der Waals surface area contributed by atoms with Crippen LogP contribution in [0.15, 0.2) is 18.6 Å². The molecule has 0 aromatic carbocycles. The summed E-state index contributed by atoms with van der Waals surface area (Å²) in [5, 5.41) is 12.5. The Kier molecular flexibility index (Phi) is 3.97. The van der Waals surface area contributed by atoms with Gasteiger partial charge in [0.25, 0.3) is 0 Å². The number of hydrogen-bond acceptors (Lipinski definition) is 5. The van der Waals surface area contributed by atoms with Crippen molar-refractivity contribution in [2.45, 2.75) is 25.1 Å². The van der Waals surface area contributed by atoms with E-state index in [2.05, 4.69) is 30.8 Å². The summed E-state index contributed by atoms with van der Waals surface area (Å²) in [6.45, 7) is 1.69. The lowest BCUT2D eigenvalue weighted by atomic mass is 10.1. The minimum Gasteiger partial charge on any atom is -0.350 e. The van der Waals surface area contributed by atoms with Crippen LogP contribution in [0.1, 0.15) is 18.4 Å². The first kappa shape index (κ1) is 14.8. The number of hydrogen-bond donors (Lipinski definition) is 3. The predicted octanol–water partition coefficient (Wildman–Crippen LogP) is 2.05. The Morgan fingerprint density at radius 2 is 2.14 bits per heavy atom. The Labute approximate surface area is 124 Å². The van der Waals surface area contributed by atoms with Gasteiger partial charge in [-0.15, -0.1) is 0 Å². The summed E-state index contributed by atoms with van der Waals surface area (Å²) in [6.07, 6.45) is 0.920. The van der Waals surface area contributed by atoms with Crippen molar-refractivity contribution < 1.29 is 13.2 Å². The third kappa shape index (κ3) is 3.19. The normalized spacial score (nSPS) is 19.1. The molecule has 3 heterocycles. The smallest absolute Gasteiger partial charge is 0.350 e. The van der Waals surface area contributed by atoms with E-state index in [4.69, 9.17) is 0 Å². The van der Waals surface area contributed by atoms with Crippen LogP contribution in [-0.2, 0) is 6.18 Å². The molecule has 22 heavy (non-hydrogen) atoms. The SMILES string of the molecule is FC(F)(F)c1cnc(NC2CCCNC2)nc1-c1cn[nH]c1. The van der Waals surface area contributed by atoms with E-state index in [-0.39, 0.29) is 23.2 Å². The van der Waals surface area contributed by atoms with E-state index < -0.39 is 11.7 Å². The Bertz CT molecular complexity index is 619. The highest BCUT2D eigenvalue weighted by molar-refractivity contribution is 5.63. The zero-order valence-electron chi connectivity index (χ0n) is 11.6. The molecule has 0 amide bonds. The van der Waals surface area contributed by atoms with Crippen molar-refractivity contribution >= 4 is 5.95 Å². The fraction of sp³-hybridized carbons (Fsp3) is 0.462. The molecule has 0 spiro atoms. The molecule has 1 aliphatic rings. The minimum absolute atomic E-state index is 0.114. The number of piperidine rings is 1. The van der Waals surface area contributed by atoms with Gasteiger partial charge in [0.05, 0.1) is 11.9 Å². The van der Waals surface area contributed by atoms with Gasteiger partial charge in [-0.2, -0.15) is 18.3 Å². The molecule has 3 N–H and O–H groups in total. The van der Waals surface area contributed by atoms with Gasteiger partial charge in [0.15, 0.2) is 0 Å². The minimum atomic E-state index is -4.52. The fourth-order valence-electron chi connectivity index (χ4n) is 2.42. The lowest BCUT2D eigenvalue weighted by Crippen LogP contribution is -2.38. The third-order valence-electron chi connectivity index (χ3n) is 3.50. The van der Waals surface area contributed by atoms with Crippen LogP contribution in [0.2, 0.25) is 0 Å². The molecular formula is C13H15F3N6. The molecule has 1 aliphatic heterocycles. The molecule has 0 bridgehead atoms. The number of H-pyrrole nitrogens is 1. The average Bonchev–Trinajstić information content (AvgIpc) is 3.01. The number of halogens is 3. The zero-order valence-corrected chi connectivity index (χ0v) is 11.6. The second kappa shape index (κ2) is 5.91. The lowest BCUT2D eigenvalue weighted by molar-refractivity contribution is -0.137. The predicted molar refractivity (Wildman–Crippen MR) is 74.1 cm³/mol. The van der Waals surface area contributed by atoms with Crippen LogP contribution < -0.4 is 10.6 Å². The standard InChI is InChI=1S/C13H15F3N6/c14-13(15,16)10-7-18-12(21-9-2-1-3-17-6-9)22-11(10)8-4-19-20-5-8/h4-5,7,9,17H,1-3,6H2,(H,19,20)(H,18,21,22). The third-order valence-corrected chi connectivity index (χ3v) is 3.50. The van der Waals surface area contributed by atoms with E-state index in [1.807, 2.05) is 0 Å². The number of anilines is 1. The maximum Gasteiger partial charge on any atom is 0.419 e. The van der Waals surface area contributed by atoms with Crippen LogP contribution in [0.25, 0.3) is 11.3 Å². The summed E-state index contributed by atoms with van der Waals surface area (Å²) in [6, 6.07) is 0.114. The van der Waals surface area contributed by atoms with Crippen LogP contribution in [0.3, 0.4) is 0 Å².